The van der Waals surface area contributed by atoms with Crippen LogP contribution < -0.4 is 0 Å². The van der Waals surface area contributed by atoms with Crippen LogP contribution in [-0.4, -0.2) is 38.3 Å². The standard InChI is InChI=1S/C22H18Cl2N4OS/c23-15-4-6-18-16(13-15)25-22(30-18)14-8-11-27(12-9-14)20(29)7-5-17-21(24)26-19-3-1-2-10-28(17)19/h1-7,10,13-14H,8-9,11-12H2/b7-5+. The van der Waals surface area contributed by atoms with E-state index in [1.54, 1.807) is 23.5 Å². The van der Waals surface area contributed by atoms with Crippen LogP contribution in [-0.2, 0) is 4.79 Å². The Kier molecular flexibility index (Phi) is 5.23. The van der Waals surface area contributed by atoms with Gasteiger partial charge in [0.15, 0.2) is 5.15 Å². The first-order valence-corrected chi connectivity index (χ1v) is 11.3. The Morgan fingerprint density at radius 3 is 2.80 bits per heavy atom. The molecule has 0 aliphatic carbocycles. The Morgan fingerprint density at radius 1 is 1.13 bits per heavy atom. The fourth-order valence-corrected chi connectivity index (χ4v) is 5.35. The number of likely N-dealkylation sites (tertiary alicyclic amines) is 1. The van der Waals surface area contributed by atoms with Crippen LogP contribution in [0.4, 0.5) is 0 Å². The highest BCUT2D eigenvalue weighted by Gasteiger charge is 2.25. The van der Waals surface area contributed by atoms with Crippen molar-refractivity contribution < 1.29 is 4.79 Å². The Bertz CT molecular complexity index is 1270. The molecule has 0 bridgehead atoms. The van der Waals surface area contributed by atoms with E-state index < -0.39 is 0 Å². The molecule has 0 atom stereocenters. The van der Waals surface area contributed by atoms with Crippen molar-refractivity contribution in [3.05, 3.63) is 69.5 Å². The molecule has 4 heterocycles. The summed E-state index contributed by atoms with van der Waals surface area (Å²) in [7, 11) is 0. The highest BCUT2D eigenvalue weighted by Crippen LogP contribution is 2.34. The minimum atomic E-state index is -0.00789. The zero-order valence-electron chi connectivity index (χ0n) is 16.0. The smallest absolute Gasteiger partial charge is 0.246 e. The Balaban J connectivity index is 1.26. The van der Waals surface area contributed by atoms with Gasteiger partial charge in [0.1, 0.15) is 5.65 Å². The molecule has 1 aliphatic rings. The van der Waals surface area contributed by atoms with Gasteiger partial charge < -0.3 is 4.90 Å². The van der Waals surface area contributed by atoms with Gasteiger partial charge in [-0.1, -0.05) is 29.3 Å². The summed E-state index contributed by atoms with van der Waals surface area (Å²) in [5, 5.41) is 2.23. The molecule has 5 rings (SSSR count). The zero-order chi connectivity index (χ0) is 20.7. The van der Waals surface area contributed by atoms with Crippen LogP contribution >= 0.6 is 34.5 Å². The maximum atomic E-state index is 12.7. The van der Waals surface area contributed by atoms with Gasteiger partial charge in [0.05, 0.1) is 20.9 Å². The van der Waals surface area contributed by atoms with E-state index in [1.165, 1.54) is 0 Å². The van der Waals surface area contributed by atoms with E-state index in [0.717, 1.165) is 33.7 Å². The van der Waals surface area contributed by atoms with Gasteiger partial charge in [-0.3, -0.25) is 9.20 Å². The average molecular weight is 457 g/mol. The summed E-state index contributed by atoms with van der Waals surface area (Å²) >= 11 is 14.0. The number of fused-ring (bicyclic) bond motifs is 2. The number of nitrogens with zero attached hydrogens (tertiary/aromatic N) is 4. The Morgan fingerprint density at radius 2 is 1.97 bits per heavy atom. The first-order chi connectivity index (χ1) is 14.6. The molecule has 5 nitrogen and oxygen atoms in total. The molecule has 0 spiro atoms. The zero-order valence-corrected chi connectivity index (χ0v) is 18.3. The van der Waals surface area contributed by atoms with E-state index >= 15 is 0 Å². The highest BCUT2D eigenvalue weighted by molar-refractivity contribution is 7.18. The number of rotatable bonds is 3. The number of piperidine rings is 1. The third-order valence-corrected chi connectivity index (χ3v) is 7.14. The van der Waals surface area contributed by atoms with Crippen molar-refractivity contribution in [1.29, 1.82) is 0 Å². The molecular formula is C22H18Cl2N4OS. The molecule has 0 saturated carbocycles. The lowest BCUT2D eigenvalue weighted by Crippen LogP contribution is -2.36. The van der Waals surface area contributed by atoms with Crippen LogP contribution in [0.1, 0.15) is 29.5 Å². The number of thiazole rings is 1. The van der Waals surface area contributed by atoms with Gasteiger partial charge in [0, 0.05) is 36.3 Å². The maximum Gasteiger partial charge on any atom is 0.246 e. The fourth-order valence-electron chi connectivity index (χ4n) is 3.83. The van der Waals surface area contributed by atoms with Crippen molar-refractivity contribution in [2.45, 2.75) is 18.8 Å². The lowest BCUT2D eigenvalue weighted by molar-refractivity contribution is -0.126. The molecular weight excluding hydrogens is 439 g/mol. The topological polar surface area (TPSA) is 50.5 Å². The molecule has 1 amide bonds. The number of aromatic nitrogens is 3. The van der Waals surface area contributed by atoms with Crippen molar-refractivity contribution >= 4 is 62.4 Å². The van der Waals surface area contributed by atoms with Crippen molar-refractivity contribution in [2.75, 3.05) is 13.1 Å². The van der Waals surface area contributed by atoms with Gasteiger partial charge in [-0.2, -0.15) is 0 Å². The summed E-state index contributed by atoms with van der Waals surface area (Å²) in [5.74, 6) is 0.369. The number of hydrogen-bond acceptors (Lipinski definition) is 4. The molecule has 30 heavy (non-hydrogen) atoms. The monoisotopic (exact) mass is 456 g/mol. The quantitative estimate of drug-likeness (QED) is 0.373. The minimum absolute atomic E-state index is 0.00789. The van der Waals surface area contributed by atoms with Gasteiger partial charge in [-0.25, -0.2) is 9.97 Å². The molecule has 0 radical (unpaired) electrons. The number of amides is 1. The Labute approximate surface area is 187 Å². The van der Waals surface area contributed by atoms with Crippen LogP contribution in [0.25, 0.3) is 21.9 Å². The van der Waals surface area contributed by atoms with Crippen LogP contribution in [0.5, 0.6) is 0 Å². The van der Waals surface area contributed by atoms with Crippen molar-refractivity contribution in [1.82, 2.24) is 19.3 Å². The number of halogens is 2. The molecule has 0 N–H and O–H groups in total. The van der Waals surface area contributed by atoms with Gasteiger partial charge in [-0.05, 0) is 49.2 Å². The maximum absolute atomic E-state index is 12.7. The Hall–Kier alpha value is -2.41. The number of benzene rings is 1. The molecule has 1 fully saturated rings. The van der Waals surface area contributed by atoms with Gasteiger partial charge in [0.2, 0.25) is 5.91 Å². The number of imidazole rings is 1. The lowest BCUT2D eigenvalue weighted by atomic mass is 9.97. The van der Waals surface area contributed by atoms with Crippen molar-refractivity contribution in [3.63, 3.8) is 0 Å². The first kappa shape index (κ1) is 19.5. The predicted octanol–water partition coefficient (Wildman–Crippen LogP) is 5.67. The number of pyridine rings is 1. The number of carbonyl (C=O) groups is 1. The largest absolute Gasteiger partial charge is 0.339 e. The first-order valence-electron chi connectivity index (χ1n) is 9.74. The van der Waals surface area contributed by atoms with Crippen LogP contribution in [0.2, 0.25) is 10.2 Å². The second-order valence-electron chi connectivity index (χ2n) is 7.31. The van der Waals surface area contributed by atoms with Crippen LogP contribution in [0.15, 0.2) is 48.7 Å². The number of hydrogen-bond donors (Lipinski definition) is 0. The summed E-state index contributed by atoms with van der Waals surface area (Å²) in [6.07, 6.45) is 7.03. The molecule has 152 valence electrons. The third-order valence-electron chi connectivity index (χ3n) is 5.43. The second-order valence-corrected chi connectivity index (χ2v) is 9.17. The summed E-state index contributed by atoms with van der Waals surface area (Å²) in [4.78, 5) is 23.7. The van der Waals surface area contributed by atoms with E-state index in [-0.39, 0.29) is 5.91 Å². The second kappa shape index (κ2) is 8.02. The van der Waals surface area contributed by atoms with E-state index in [4.69, 9.17) is 28.2 Å². The lowest BCUT2D eigenvalue weighted by Gasteiger charge is -2.30. The molecule has 1 aliphatic heterocycles. The van der Waals surface area contributed by atoms with Crippen molar-refractivity contribution in [2.24, 2.45) is 0 Å². The molecule has 1 saturated heterocycles. The molecule has 4 aromatic rings. The van der Waals surface area contributed by atoms with E-state index in [2.05, 4.69) is 4.98 Å². The average Bonchev–Trinajstić information content (AvgIpc) is 3.32. The third kappa shape index (κ3) is 3.71. The number of carbonyl (C=O) groups excluding carboxylic acids is 1. The fraction of sp³-hybridized carbons (Fsp3) is 0.227. The summed E-state index contributed by atoms with van der Waals surface area (Å²) in [6.45, 7) is 1.43. The van der Waals surface area contributed by atoms with E-state index in [0.29, 0.717) is 34.9 Å². The van der Waals surface area contributed by atoms with Crippen molar-refractivity contribution in [3.8, 4) is 0 Å². The van der Waals surface area contributed by atoms with Gasteiger partial charge >= 0.3 is 0 Å². The summed E-state index contributed by atoms with van der Waals surface area (Å²) < 4.78 is 3.03. The molecule has 0 unspecified atom stereocenters. The normalized spacial score (nSPS) is 15.6. The summed E-state index contributed by atoms with van der Waals surface area (Å²) in [6, 6.07) is 11.5. The van der Waals surface area contributed by atoms with E-state index in [1.807, 2.05) is 51.9 Å². The highest BCUT2D eigenvalue weighted by atomic mass is 35.5. The van der Waals surface area contributed by atoms with E-state index in [9.17, 15) is 4.79 Å². The van der Waals surface area contributed by atoms with Gasteiger partial charge in [-0.15, -0.1) is 11.3 Å². The van der Waals surface area contributed by atoms with Crippen LogP contribution in [0, 0.1) is 0 Å². The predicted molar refractivity (Wildman–Crippen MR) is 122 cm³/mol. The SMILES string of the molecule is O=C(/C=C/c1c(Cl)nc2ccccn12)N1CCC(c2nc3cc(Cl)ccc3s2)CC1. The van der Waals surface area contributed by atoms with Gasteiger partial charge in [0.25, 0.3) is 0 Å². The molecule has 1 aromatic carbocycles. The summed E-state index contributed by atoms with van der Waals surface area (Å²) in [5.41, 5.74) is 2.42. The van der Waals surface area contributed by atoms with Crippen LogP contribution in [0.3, 0.4) is 0 Å². The minimum Gasteiger partial charge on any atom is -0.339 e. The molecule has 3 aromatic heterocycles. The molecule has 8 heteroatoms.